The van der Waals surface area contributed by atoms with Crippen LogP contribution in [0.1, 0.15) is 24.4 Å². The lowest BCUT2D eigenvalue weighted by Gasteiger charge is -2.18. The number of carboxylic acids is 1. The van der Waals surface area contributed by atoms with Crippen molar-refractivity contribution in [1.82, 2.24) is 4.57 Å². The molecule has 12 heavy (non-hydrogen) atoms. The van der Waals surface area contributed by atoms with Crippen LogP contribution in [0.4, 0.5) is 0 Å². The highest BCUT2D eigenvalue weighted by atomic mass is 16.4. The van der Waals surface area contributed by atoms with Crippen molar-refractivity contribution in [2.45, 2.75) is 26.8 Å². The number of hydrogen-bond donors (Lipinski definition) is 0. The Bertz CT molecular complexity index is 282. The second kappa shape index (κ2) is 3.01. The number of carbonyl (C=O) groups excluding carboxylic acids is 1. The number of nitrogens with zero attached hydrogens (tertiary/aromatic N) is 1. The van der Waals surface area contributed by atoms with Crippen LogP contribution in [0.5, 0.6) is 0 Å². The minimum absolute atomic E-state index is 0.583. The average Bonchev–Trinajstić information content (AvgIpc) is 2.30. The van der Waals surface area contributed by atoms with Crippen molar-refractivity contribution in [3.63, 3.8) is 0 Å². The van der Waals surface area contributed by atoms with Crippen LogP contribution in [0, 0.1) is 13.8 Å². The summed E-state index contributed by atoms with van der Waals surface area (Å²) in [5.74, 6) is -1.04. The van der Waals surface area contributed by atoms with Crippen molar-refractivity contribution in [3.05, 3.63) is 23.5 Å². The molecule has 0 saturated carbocycles. The molecule has 3 heteroatoms. The first-order chi connectivity index (χ1) is 5.54. The van der Waals surface area contributed by atoms with Crippen molar-refractivity contribution in [2.75, 3.05) is 0 Å². The zero-order valence-corrected chi connectivity index (χ0v) is 7.50. The zero-order valence-electron chi connectivity index (χ0n) is 7.50. The van der Waals surface area contributed by atoms with E-state index in [1.165, 1.54) is 0 Å². The first kappa shape index (κ1) is 8.84. The van der Waals surface area contributed by atoms with E-state index in [1.807, 2.05) is 26.0 Å². The molecule has 1 atom stereocenters. The molecule has 0 unspecified atom stereocenters. The molecule has 0 fully saturated rings. The maximum Gasteiger partial charge on any atom is 0.0701 e. The van der Waals surface area contributed by atoms with Gasteiger partial charge in [0, 0.05) is 11.4 Å². The molecular formula is C9H12NO2-. The summed E-state index contributed by atoms with van der Waals surface area (Å²) in [5, 5.41) is 10.6. The van der Waals surface area contributed by atoms with Crippen molar-refractivity contribution in [1.29, 1.82) is 0 Å². The van der Waals surface area contributed by atoms with Crippen LogP contribution in [-0.4, -0.2) is 10.5 Å². The van der Waals surface area contributed by atoms with Crippen molar-refractivity contribution in [2.24, 2.45) is 0 Å². The molecule has 3 nitrogen and oxygen atoms in total. The fourth-order valence-corrected chi connectivity index (χ4v) is 1.40. The summed E-state index contributed by atoms with van der Waals surface area (Å²) in [6, 6.07) is 3.21. The Morgan fingerprint density at radius 3 is 2.17 bits per heavy atom. The van der Waals surface area contributed by atoms with Crippen LogP contribution in [0.2, 0.25) is 0 Å². The predicted molar refractivity (Wildman–Crippen MR) is 43.6 cm³/mol. The predicted octanol–water partition coefficient (Wildman–Crippen LogP) is 0.416. The molecule has 0 spiro atoms. The standard InChI is InChI=1S/C9H13NO2/c1-6-4-5-7(2)10(6)8(3)9(11)12/h4-5,8H,1-3H3,(H,11,12)/p-1/t8-/m1/s1. The second-order valence-corrected chi connectivity index (χ2v) is 2.98. The molecule has 0 radical (unpaired) electrons. The number of carboxylic acid groups (broad SMARTS) is 1. The molecule has 1 aromatic rings. The van der Waals surface area contributed by atoms with Crippen molar-refractivity contribution in [3.8, 4) is 0 Å². The minimum Gasteiger partial charge on any atom is -0.548 e. The van der Waals surface area contributed by atoms with Crippen molar-refractivity contribution < 1.29 is 9.90 Å². The molecule has 1 aromatic heterocycles. The lowest BCUT2D eigenvalue weighted by molar-refractivity contribution is -0.309. The van der Waals surface area contributed by atoms with Crippen LogP contribution in [-0.2, 0) is 4.79 Å². The first-order valence-electron chi connectivity index (χ1n) is 3.89. The smallest absolute Gasteiger partial charge is 0.0701 e. The topological polar surface area (TPSA) is 45.1 Å². The molecule has 0 aromatic carbocycles. The molecule has 0 bridgehead atoms. The van der Waals surface area contributed by atoms with Gasteiger partial charge in [-0.15, -0.1) is 0 Å². The van der Waals surface area contributed by atoms with E-state index < -0.39 is 12.0 Å². The zero-order chi connectivity index (χ0) is 9.30. The summed E-state index contributed by atoms with van der Waals surface area (Å²) in [6.45, 7) is 5.38. The number of aryl methyl sites for hydroxylation is 2. The minimum atomic E-state index is -1.04. The first-order valence-corrected chi connectivity index (χ1v) is 3.89. The van der Waals surface area contributed by atoms with E-state index in [0.717, 1.165) is 11.4 Å². The van der Waals surface area contributed by atoms with Gasteiger partial charge in [0.25, 0.3) is 0 Å². The second-order valence-electron chi connectivity index (χ2n) is 2.98. The maximum atomic E-state index is 10.6. The number of aliphatic carboxylic acids is 1. The van der Waals surface area contributed by atoms with Crippen LogP contribution in [0.15, 0.2) is 12.1 Å². The number of carbonyl (C=O) groups is 1. The molecule has 0 aliphatic heterocycles. The molecule has 0 N–H and O–H groups in total. The van der Waals surface area contributed by atoms with Crippen molar-refractivity contribution >= 4 is 5.97 Å². The Morgan fingerprint density at radius 1 is 1.42 bits per heavy atom. The fourth-order valence-electron chi connectivity index (χ4n) is 1.40. The van der Waals surface area contributed by atoms with Crippen LogP contribution in [0.25, 0.3) is 0 Å². The van der Waals surface area contributed by atoms with E-state index in [-0.39, 0.29) is 0 Å². The van der Waals surface area contributed by atoms with Gasteiger partial charge in [0.05, 0.1) is 12.0 Å². The number of aromatic nitrogens is 1. The summed E-state index contributed by atoms with van der Waals surface area (Å²) in [6.07, 6.45) is 0. The summed E-state index contributed by atoms with van der Waals surface area (Å²) in [4.78, 5) is 10.6. The third-order valence-corrected chi connectivity index (χ3v) is 2.05. The molecule has 0 aliphatic rings. The number of hydrogen-bond acceptors (Lipinski definition) is 2. The lowest BCUT2D eigenvalue weighted by Crippen LogP contribution is -2.32. The van der Waals surface area contributed by atoms with Crippen LogP contribution < -0.4 is 5.11 Å². The van der Waals surface area contributed by atoms with Crippen LogP contribution >= 0.6 is 0 Å². The van der Waals surface area contributed by atoms with Gasteiger partial charge in [-0.3, -0.25) is 0 Å². The maximum absolute atomic E-state index is 10.6. The largest absolute Gasteiger partial charge is 0.548 e. The summed E-state index contributed by atoms with van der Waals surface area (Å²) in [7, 11) is 0. The summed E-state index contributed by atoms with van der Waals surface area (Å²) in [5.41, 5.74) is 1.90. The Labute approximate surface area is 71.6 Å². The van der Waals surface area contributed by atoms with E-state index in [2.05, 4.69) is 0 Å². The molecule has 1 rings (SSSR count). The Morgan fingerprint density at radius 2 is 1.83 bits per heavy atom. The van der Waals surface area contributed by atoms with Gasteiger partial charge < -0.3 is 14.5 Å². The van der Waals surface area contributed by atoms with E-state index in [4.69, 9.17) is 0 Å². The lowest BCUT2D eigenvalue weighted by atomic mass is 10.3. The fraction of sp³-hybridized carbons (Fsp3) is 0.444. The van der Waals surface area contributed by atoms with Crippen LogP contribution in [0.3, 0.4) is 0 Å². The molecule has 0 saturated heterocycles. The number of rotatable bonds is 2. The molecule has 0 amide bonds. The van der Waals surface area contributed by atoms with Gasteiger partial charge in [0.2, 0.25) is 0 Å². The summed E-state index contributed by atoms with van der Waals surface area (Å²) >= 11 is 0. The monoisotopic (exact) mass is 166 g/mol. The van der Waals surface area contributed by atoms with E-state index in [1.54, 1.807) is 11.5 Å². The van der Waals surface area contributed by atoms with Gasteiger partial charge >= 0.3 is 0 Å². The van der Waals surface area contributed by atoms with Gasteiger partial charge in [0.1, 0.15) is 0 Å². The van der Waals surface area contributed by atoms with Gasteiger partial charge in [-0.2, -0.15) is 0 Å². The summed E-state index contributed by atoms with van der Waals surface area (Å²) < 4.78 is 1.75. The average molecular weight is 166 g/mol. The molecular weight excluding hydrogens is 154 g/mol. The Hall–Kier alpha value is -1.25. The SMILES string of the molecule is Cc1ccc(C)n1[C@H](C)C(=O)[O-]. The molecule has 0 aliphatic carbocycles. The molecule has 1 heterocycles. The Kier molecular flexibility index (Phi) is 2.22. The van der Waals surface area contributed by atoms with Gasteiger partial charge in [-0.05, 0) is 32.9 Å². The third kappa shape index (κ3) is 1.35. The molecule has 66 valence electrons. The quantitative estimate of drug-likeness (QED) is 0.639. The Balaban J connectivity index is 3.08. The highest BCUT2D eigenvalue weighted by Crippen LogP contribution is 2.14. The van der Waals surface area contributed by atoms with E-state index in [9.17, 15) is 9.90 Å². The normalized spacial score (nSPS) is 12.9. The van der Waals surface area contributed by atoms with Gasteiger partial charge in [-0.1, -0.05) is 0 Å². The van der Waals surface area contributed by atoms with Gasteiger partial charge in [0.15, 0.2) is 0 Å². The van der Waals surface area contributed by atoms with E-state index >= 15 is 0 Å². The van der Waals surface area contributed by atoms with E-state index in [0.29, 0.717) is 0 Å². The van der Waals surface area contributed by atoms with Gasteiger partial charge in [-0.25, -0.2) is 0 Å². The highest BCUT2D eigenvalue weighted by molar-refractivity contribution is 5.69. The third-order valence-electron chi connectivity index (χ3n) is 2.05. The highest BCUT2D eigenvalue weighted by Gasteiger charge is 2.09.